The minimum absolute atomic E-state index is 0.159. The van der Waals surface area contributed by atoms with Gasteiger partial charge >= 0.3 is 12.0 Å². The standard InChI is InChI=1S/C12H18N4O3/c1-8(2)10(11(17)18)14-12(19)16-6-5-15-4-3-13-9(15)7-16/h3-4,8,10H,5-7H2,1-2H3,(H,14,19)(H,17,18)/t10-/m0/s1. The normalized spacial score (nSPS) is 16.1. The van der Waals surface area contributed by atoms with Crippen LogP contribution in [0.5, 0.6) is 0 Å². The minimum Gasteiger partial charge on any atom is -0.480 e. The molecule has 2 amide bonds. The summed E-state index contributed by atoms with van der Waals surface area (Å²) in [4.78, 5) is 28.9. The molecule has 1 aromatic heterocycles. The molecule has 0 saturated carbocycles. The SMILES string of the molecule is CC(C)[C@H](NC(=O)N1CCn2ccnc2C1)C(=O)O. The predicted molar refractivity (Wildman–Crippen MR) is 67.4 cm³/mol. The number of carbonyl (C=O) groups is 2. The number of urea groups is 1. The summed E-state index contributed by atoms with van der Waals surface area (Å²) < 4.78 is 1.99. The van der Waals surface area contributed by atoms with Crippen molar-refractivity contribution in [3.05, 3.63) is 18.2 Å². The van der Waals surface area contributed by atoms with E-state index in [1.807, 2.05) is 10.8 Å². The number of nitrogens with zero attached hydrogens (tertiary/aromatic N) is 3. The Kier molecular flexibility index (Phi) is 3.73. The van der Waals surface area contributed by atoms with E-state index in [9.17, 15) is 9.59 Å². The Labute approximate surface area is 111 Å². The summed E-state index contributed by atoms with van der Waals surface area (Å²) >= 11 is 0. The van der Waals surface area contributed by atoms with Gasteiger partial charge in [-0.15, -0.1) is 0 Å². The molecule has 0 spiro atoms. The fourth-order valence-electron chi connectivity index (χ4n) is 2.08. The van der Waals surface area contributed by atoms with E-state index >= 15 is 0 Å². The number of rotatable bonds is 3. The van der Waals surface area contributed by atoms with Gasteiger partial charge in [0, 0.05) is 25.5 Å². The van der Waals surface area contributed by atoms with Gasteiger partial charge in [-0.3, -0.25) is 0 Å². The predicted octanol–water partition coefficient (Wildman–Crippen LogP) is 0.517. The Morgan fingerprint density at radius 3 is 2.79 bits per heavy atom. The lowest BCUT2D eigenvalue weighted by Crippen LogP contribution is -2.51. The molecule has 19 heavy (non-hydrogen) atoms. The maximum atomic E-state index is 12.1. The summed E-state index contributed by atoms with van der Waals surface area (Å²) in [6, 6.07) is -1.22. The Hall–Kier alpha value is -2.05. The highest BCUT2D eigenvalue weighted by molar-refractivity contribution is 5.82. The Morgan fingerprint density at radius 2 is 2.16 bits per heavy atom. The zero-order chi connectivity index (χ0) is 14.0. The maximum Gasteiger partial charge on any atom is 0.326 e. The molecule has 1 aliphatic heterocycles. The molecule has 2 rings (SSSR count). The van der Waals surface area contributed by atoms with Gasteiger partial charge in [0.15, 0.2) is 0 Å². The van der Waals surface area contributed by atoms with Crippen molar-refractivity contribution >= 4 is 12.0 Å². The monoisotopic (exact) mass is 266 g/mol. The van der Waals surface area contributed by atoms with Gasteiger partial charge in [0.25, 0.3) is 0 Å². The van der Waals surface area contributed by atoms with Gasteiger partial charge in [-0.2, -0.15) is 0 Å². The van der Waals surface area contributed by atoms with E-state index in [-0.39, 0.29) is 11.9 Å². The number of fused-ring (bicyclic) bond motifs is 1. The molecule has 0 fully saturated rings. The first-order chi connectivity index (χ1) is 8.99. The van der Waals surface area contributed by atoms with Gasteiger partial charge in [0.05, 0.1) is 6.54 Å². The van der Waals surface area contributed by atoms with Crippen molar-refractivity contribution < 1.29 is 14.7 Å². The summed E-state index contributed by atoms with van der Waals surface area (Å²) in [5, 5.41) is 11.6. The first-order valence-corrected chi connectivity index (χ1v) is 6.27. The van der Waals surface area contributed by atoms with Gasteiger partial charge in [-0.1, -0.05) is 13.8 Å². The van der Waals surface area contributed by atoms with E-state index in [4.69, 9.17) is 5.11 Å². The third kappa shape index (κ3) is 2.86. The van der Waals surface area contributed by atoms with Crippen LogP contribution in [0.1, 0.15) is 19.7 Å². The molecular formula is C12H18N4O3. The van der Waals surface area contributed by atoms with Crippen LogP contribution in [0.3, 0.4) is 0 Å². The zero-order valence-electron chi connectivity index (χ0n) is 11.0. The number of carboxylic acids is 1. The molecule has 0 saturated heterocycles. The van der Waals surface area contributed by atoms with Crippen molar-refractivity contribution in [1.29, 1.82) is 0 Å². The molecule has 1 aliphatic rings. The van der Waals surface area contributed by atoms with Crippen LogP contribution in [0, 0.1) is 5.92 Å². The van der Waals surface area contributed by atoms with Gasteiger partial charge in [0.2, 0.25) is 0 Å². The van der Waals surface area contributed by atoms with Gasteiger partial charge in [-0.25, -0.2) is 14.6 Å². The molecular weight excluding hydrogens is 248 g/mol. The van der Waals surface area contributed by atoms with E-state index in [1.165, 1.54) is 0 Å². The molecule has 2 N–H and O–H groups in total. The van der Waals surface area contributed by atoms with Gasteiger partial charge in [0.1, 0.15) is 11.9 Å². The third-order valence-electron chi connectivity index (χ3n) is 3.24. The Bertz CT molecular complexity index is 483. The highest BCUT2D eigenvalue weighted by atomic mass is 16.4. The number of hydrogen-bond acceptors (Lipinski definition) is 3. The largest absolute Gasteiger partial charge is 0.480 e. The molecule has 1 aromatic rings. The van der Waals surface area contributed by atoms with Crippen LogP contribution in [0.15, 0.2) is 12.4 Å². The minimum atomic E-state index is -1.01. The second-order valence-electron chi connectivity index (χ2n) is 4.97. The van der Waals surface area contributed by atoms with Gasteiger partial charge < -0.3 is 19.9 Å². The molecule has 2 heterocycles. The smallest absolute Gasteiger partial charge is 0.326 e. The zero-order valence-corrected chi connectivity index (χ0v) is 11.0. The van der Waals surface area contributed by atoms with Crippen molar-refractivity contribution in [2.75, 3.05) is 6.54 Å². The van der Waals surface area contributed by atoms with Crippen molar-refractivity contribution in [2.24, 2.45) is 5.92 Å². The van der Waals surface area contributed by atoms with E-state index in [2.05, 4.69) is 10.3 Å². The maximum absolute atomic E-state index is 12.1. The number of amides is 2. The van der Waals surface area contributed by atoms with Crippen LogP contribution >= 0.6 is 0 Å². The van der Waals surface area contributed by atoms with Crippen LogP contribution in [0.25, 0.3) is 0 Å². The number of imidazole rings is 1. The van der Waals surface area contributed by atoms with Crippen LogP contribution in [0.2, 0.25) is 0 Å². The average Bonchev–Trinajstić information content (AvgIpc) is 2.81. The van der Waals surface area contributed by atoms with E-state index in [1.54, 1.807) is 24.9 Å². The highest BCUT2D eigenvalue weighted by Gasteiger charge is 2.27. The van der Waals surface area contributed by atoms with E-state index in [0.29, 0.717) is 19.6 Å². The fraction of sp³-hybridized carbons (Fsp3) is 0.583. The number of nitrogens with one attached hydrogen (secondary N) is 1. The molecule has 0 bridgehead atoms. The summed E-state index contributed by atoms with van der Waals surface area (Å²) in [5.41, 5.74) is 0. The lowest BCUT2D eigenvalue weighted by Gasteiger charge is -2.29. The van der Waals surface area contributed by atoms with Crippen molar-refractivity contribution in [3.8, 4) is 0 Å². The van der Waals surface area contributed by atoms with Gasteiger partial charge in [-0.05, 0) is 5.92 Å². The molecule has 7 nitrogen and oxygen atoms in total. The van der Waals surface area contributed by atoms with Crippen LogP contribution in [-0.4, -0.2) is 44.1 Å². The first-order valence-electron chi connectivity index (χ1n) is 6.27. The molecule has 0 unspecified atom stereocenters. The number of aliphatic carboxylic acids is 1. The molecule has 7 heteroatoms. The number of carboxylic acid groups (broad SMARTS) is 1. The second kappa shape index (κ2) is 5.29. The lowest BCUT2D eigenvalue weighted by atomic mass is 10.1. The number of hydrogen-bond donors (Lipinski definition) is 2. The summed E-state index contributed by atoms with van der Waals surface area (Å²) in [6.45, 7) is 5.18. The van der Waals surface area contributed by atoms with Crippen molar-refractivity contribution in [1.82, 2.24) is 19.8 Å². The Morgan fingerprint density at radius 1 is 1.42 bits per heavy atom. The van der Waals surface area contributed by atoms with Crippen LogP contribution < -0.4 is 5.32 Å². The molecule has 1 atom stereocenters. The highest BCUT2D eigenvalue weighted by Crippen LogP contribution is 2.11. The van der Waals surface area contributed by atoms with E-state index < -0.39 is 12.0 Å². The third-order valence-corrected chi connectivity index (χ3v) is 3.24. The quantitative estimate of drug-likeness (QED) is 0.834. The molecule has 104 valence electrons. The summed E-state index contributed by atoms with van der Waals surface area (Å²) in [5.74, 6) is -0.354. The Balaban J connectivity index is 2.00. The average molecular weight is 266 g/mol. The van der Waals surface area contributed by atoms with Crippen molar-refractivity contribution in [2.45, 2.75) is 33.0 Å². The van der Waals surface area contributed by atoms with Crippen LogP contribution in [0.4, 0.5) is 4.79 Å². The lowest BCUT2D eigenvalue weighted by molar-refractivity contribution is -0.140. The summed E-state index contributed by atoms with van der Waals surface area (Å²) in [7, 11) is 0. The van der Waals surface area contributed by atoms with Crippen LogP contribution in [-0.2, 0) is 17.9 Å². The molecule has 0 aliphatic carbocycles. The topological polar surface area (TPSA) is 87.5 Å². The second-order valence-corrected chi connectivity index (χ2v) is 4.97. The summed E-state index contributed by atoms with van der Waals surface area (Å²) in [6.07, 6.45) is 3.57. The molecule has 0 aromatic carbocycles. The number of aromatic nitrogens is 2. The fourth-order valence-corrected chi connectivity index (χ4v) is 2.08. The number of carbonyl (C=O) groups excluding carboxylic acids is 1. The van der Waals surface area contributed by atoms with E-state index in [0.717, 1.165) is 5.82 Å². The van der Waals surface area contributed by atoms with Crippen molar-refractivity contribution in [3.63, 3.8) is 0 Å². The first kappa shape index (κ1) is 13.4. The molecule has 0 radical (unpaired) electrons.